The van der Waals surface area contributed by atoms with Gasteiger partial charge >= 0.3 is 0 Å². The lowest BCUT2D eigenvalue weighted by molar-refractivity contribution is -0.110. The minimum atomic E-state index is -0.489. The van der Waals surface area contributed by atoms with Crippen LogP contribution in [0.5, 0.6) is 11.5 Å². The Bertz CT molecular complexity index is 624. The number of carbonyl (C=O) groups excluding carboxylic acids is 1. The van der Waals surface area contributed by atoms with Crippen LogP contribution in [0.1, 0.15) is 6.92 Å². The molecule has 0 saturated carbocycles. The summed E-state index contributed by atoms with van der Waals surface area (Å²) in [6.07, 6.45) is 0. The van der Waals surface area contributed by atoms with Crippen LogP contribution in [-0.2, 0) is 4.79 Å². The smallest absolute Gasteiger partial charge is 0.273 e. The molecule has 2 aromatic rings. The van der Waals surface area contributed by atoms with Crippen molar-refractivity contribution in [1.82, 2.24) is 0 Å². The molecule has 0 heterocycles. The lowest BCUT2D eigenvalue weighted by atomic mass is 10.2. The van der Waals surface area contributed by atoms with Crippen LogP contribution in [0.3, 0.4) is 0 Å². The minimum absolute atomic E-state index is 0.0282. The predicted molar refractivity (Wildman–Crippen MR) is 76.5 cm³/mol. The fourth-order valence-electron chi connectivity index (χ4n) is 1.53. The summed E-state index contributed by atoms with van der Waals surface area (Å²) in [5.41, 5.74) is 0.476. The zero-order chi connectivity index (χ0) is 14.4. The van der Waals surface area contributed by atoms with Crippen molar-refractivity contribution in [1.29, 1.82) is 0 Å². The number of amides is 1. The van der Waals surface area contributed by atoms with E-state index in [4.69, 9.17) is 9.94 Å². The molecule has 0 atom stereocenters. The van der Waals surface area contributed by atoms with E-state index in [1.54, 1.807) is 24.3 Å². The van der Waals surface area contributed by atoms with Crippen LogP contribution in [0.15, 0.2) is 59.8 Å². The van der Waals surface area contributed by atoms with Crippen molar-refractivity contribution in [3.05, 3.63) is 54.6 Å². The van der Waals surface area contributed by atoms with Gasteiger partial charge in [-0.05, 0) is 31.2 Å². The molecule has 5 nitrogen and oxygen atoms in total. The zero-order valence-electron chi connectivity index (χ0n) is 10.9. The molecule has 0 aliphatic heterocycles. The largest absolute Gasteiger partial charge is 0.455 e. The van der Waals surface area contributed by atoms with Gasteiger partial charge < -0.3 is 15.3 Å². The maximum atomic E-state index is 11.7. The first-order valence-electron chi connectivity index (χ1n) is 6.02. The number of benzene rings is 2. The summed E-state index contributed by atoms with van der Waals surface area (Å²) in [5.74, 6) is 0.691. The summed E-state index contributed by atoms with van der Waals surface area (Å²) < 4.78 is 5.71. The van der Waals surface area contributed by atoms with Gasteiger partial charge in [-0.1, -0.05) is 35.5 Å². The minimum Gasteiger partial charge on any atom is -0.455 e. The molecule has 0 saturated heterocycles. The topological polar surface area (TPSA) is 70.9 Å². The van der Waals surface area contributed by atoms with Crippen LogP contribution < -0.4 is 10.1 Å². The molecule has 2 aromatic carbocycles. The van der Waals surface area contributed by atoms with Gasteiger partial charge in [0.25, 0.3) is 5.91 Å². The van der Waals surface area contributed by atoms with Crippen LogP contribution in [0.25, 0.3) is 0 Å². The van der Waals surface area contributed by atoms with Gasteiger partial charge in [0, 0.05) is 0 Å². The molecule has 5 heteroatoms. The number of ether oxygens (including phenoxy) is 1. The Hall–Kier alpha value is -2.82. The van der Waals surface area contributed by atoms with Gasteiger partial charge in [-0.2, -0.15) is 0 Å². The van der Waals surface area contributed by atoms with Gasteiger partial charge in [-0.15, -0.1) is 0 Å². The Morgan fingerprint density at radius 2 is 1.75 bits per heavy atom. The van der Waals surface area contributed by atoms with Crippen molar-refractivity contribution in [3.8, 4) is 11.5 Å². The lowest BCUT2D eigenvalue weighted by Gasteiger charge is -2.11. The highest BCUT2D eigenvalue weighted by atomic mass is 16.5. The summed E-state index contributed by atoms with van der Waals surface area (Å²) in [7, 11) is 0. The summed E-state index contributed by atoms with van der Waals surface area (Å²) >= 11 is 0. The van der Waals surface area contributed by atoms with E-state index in [1.807, 2.05) is 30.3 Å². The number of hydrogen-bond donors (Lipinski definition) is 2. The summed E-state index contributed by atoms with van der Waals surface area (Å²) in [6.45, 7) is 1.41. The van der Waals surface area contributed by atoms with Gasteiger partial charge in [-0.3, -0.25) is 4.79 Å². The van der Waals surface area contributed by atoms with Gasteiger partial charge in [0.1, 0.15) is 11.5 Å². The number of nitrogens with zero attached hydrogens (tertiary/aromatic N) is 1. The molecule has 0 fully saturated rings. The van der Waals surface area contributed by atoms with Gasteiger partial charge in [0.05, 0.1) is 5.69 Å². The molecule has 20 heavy (non-hydrogen) atoms. The summed E-state index contributed by atoms with van der Waals surface area (Å²) in [5, 5.41) is 14.1. The van der Waals surface area contributed by atoms with E-state index >= 15 is 0 Å². The summed E-state index contributed by atoms with van der Waals surface area (Å²) in [6, 6.07) is 16.3. The Balaban J connectivity index is 2.20. The van der Waals surface area contributed by atoms with E-state index in [2.05, 4.69) is 10.5 Å². The molecule has 1 amide bonds. The Labute approximate surface area is 116 Å². The van der Waals surface area contributed by atoms with Crippen molar-refractivity contribution in [3.63, 3.8) is 0 Å². The zero-order valence-corrected chi connectivity index (χ0v) is 10.9. The molecule has 102 valence electrons. The first-order valence-corrected chi connectivity index (χ1v) is 6.02. The van der Waals surface area contributed by atoms with Crippen molar-refractivity contribution in [2.24, 2.45) is 5.16 Å². The van der Waals surface area contributed by atoms with Crippen molar-refractivity contribution in [2.45, 2.75) is 6.92 Å². The molecule has 0 bridgehead atoms. The van der Waals surface area contributed by atoms with E-state index in [0.717, 1.165) is 0 Å². The third-order valence-electron chi connectivity index (χ3n) is 2.58. The number of para-hydroxylation sites is 3. The van der Waals surface area contributed by atoms with Crippen LogP contribution in [-0.4, -0.2) is 16.8 Å². The van der Waals surface area contributed by atoms with Crippen LogP contribution in [0, 0.1) is 0 Å². The average Bonchev–Trinajstić information content (AvgIpc) is 2.49. The standard InChI is InChI=1S/C15H14N2O3/c1-11(17-19)15(18)16-13-9-5-6-10-14(13)20-12-7-3-2-4-8-12/h2-10,19H,1H3,(H,16,18)/b17-11+. The maximum Gasteiger partial charge on any atom is 0.273 e. The third kappa shape index (κ3) is 3.35. The Kier molecular flexibility index (Phi) is 4.34. The quantitative estimate of drug-likeness (QED) is 0.509. The second kappa shape index (κ2) is 6.38. The second-order valence-corrected chi connectivity index (χ2v) is 4.05. The first-order chi connectivity index (χ1) is 9.70. The highest BCUT2D eigenvalue weighted by Crippen LogP contribution is 2.28. The number of nitrogens with one attached hydrogen (secondary N) is 1. The Morgan fingerprint density at radius 1 is 1.10 bits per heavy atom. The molecule has 0 spiro atoms. The van der Waals surface area contributed by atoms with Gasteiger partial charge in [0.15, 0.2) is 5.75 Å². The fraction of sp³-hybridized carbons (Fsp3) is 0.0667. The summed E-state index contributed by atoms with van der Waals surface area (Å²) in [4.78, 5) is 11.7. The molecule has 0 radical (unpaired) electrons. The second-order valence-electron chi connectivity index (χ2n) is 4.05. The van der Waals surface area contributed by atoms with E-state index in [0.29, 0.717) is 17.2 Å². The average molecular weight is 270 g/mol. The molecule has 0 aliphatic rings. The molecule has 0 aromatic heterocycles. The Morgan fingerprint density at radius 3 is 2.45 bits per heavy atom. The van der Waals surface area contributed by atoms with E-state index in [-0.39, 0.29) is 5.71 Å². The first kappa shape index (κ1) is 13.6. The SMILES string of the molecule is C/C(=N\O)C(=O)Nc1ccccc1Oc1ccccc1. The molecular weight excluding hydrogens is 256 g/mol. The molecule has 0 aliphatic carbocycles. The lowest BCUT2D eigenvalue weighted by Crippen LogP contribution is -2.20. The van der Waals surface area contributed by atoms with Gasteiger partial charge in [0.2, 0.25) is 0 Å². The van der Waals surface area contributed by atoms with E-state index in [9.17, 15) is 4.79 Å². The van der Waals surface area contributed by atoms with Crippen molar-refractivity contribution in [2.75, 3.05) is 5.32 Å². The maximum absolute atomic E-state index is 11.7. The van der Waals surface area contributed by atoms with Gasteiger partial charge in [-0.25, -0.2) is 0 Å². The van der Waals surface area contributed by atoms with Crippen molar-refractivity contribution < 1.29 is 14.7 Å². The van der Waals surface area contributed by atoms with Crippen LogP contribution in [0.2, 0.25) is 0 Å². The molecule has 2 N–H and O–H groups in total. The number of anilines is 1. The predicted octanol–water partition coefficient (Wildman–Crippen LogP) is 3.27. The number of oxime groups is 1. The molecule has 2 rings (SSSR count). The normalized spacial score (nSPS) is 10.9. The van der Waals surface area contributed by atoms with E-state index in [1.165, 1.54) is 6.92 Å². The van der Waals surface area contributed by atoms with E-state index < -0.39 is 5.91 Å². The fourth-order valence-corrected chi connectivity index (χ4v) is 1.53. The number of rotatable bonds is 4. The highest BCUT2D eigenvalue weighted by molar-refractivity contribution is 6.42. The number of hydrogen-bond acceptors (Lipinski definition) is 4. The molecule has 0 unspecified atom stereocenters. The van der Waals surface area contributed by atoms with Crippen LogP contribution >= 0.6 is 0 Å². The van der Waals surface area contributed by atoms with Crippen LogP contribution in [0.4, 0.5) is 5.69 Å². The highest BCUT2D eigenvalue weighted by Gasteiger charge is 2.10. The molecular formula is C15H14N2O3. The monoisotopic (exact) mass is 270 g/mol. The third-order valence-corrected chi connectivity index (χ3v) is 2.58. The number of carbonyl (C=O) groups is 1. The van der Waals surface area contributed by atoms with Crippen molar-refractivity contribution >= 4 is 17.3 Å².